The molecule has 0 spiro atoms. The van der Waals surface area contributed by atoms with Gasteiger partial charge in [0.1, 0.15) is 6.10 Å². The number of allylic oxidation sites excluding steroid dienone is 2. The van der Waals surface area contributed by atoms with Crippen LogP contribution in [0.1, 0.15) is 19.8 Å². The van der Waals surface area contributed by atoms with Crippen molar-refractivity contribution in [3.63, 3.8) is 0 Å². The highest BCUT2D eigenvalue weighted by molar-refractivity contribution is 5.81. The summed E-state index contributed by atoms with van der Waals surface area (Å²) in [5.74, 6) is 0.0737. The minimum absolute atomic E-state index is 0.115. The summed E-state index contributed by atoms with van der Waals surface area (Å²) in [5, 5.41) is 0. The normalized spacial score (nSPS) is 25.5. The second-order valence-corrected chi connectivity index (χ2v) is 3.62. The summed E-state index contributed by atoms with van der Waals surface area (Å²) in [6.07, 6.45) is 6.89. The van der Waals surface area contributed by atoms with Crippen LogP contribution in [0.4, 0.5) is 0 Å². The molecule has 0 amide bonds. The van der Waals surface area contributed by atoms with E-state index in [-0.39, 0.29) is 12.1 Å². The van der Waals surface area contributed by atoms with Crippen LogP contribution < -0.4 is 0 Å². The Balaban J connectivity index is 2.52. The Morgan fingerprint density at radius 1 is 1.64 bits per heavy atom. The highest BCUT2D eigenvalue weighted by Crippen LogP contribution is 2.26. The largest absolute Gasteiger partial charge is 0.455 e. The average molecular weight is 192 g/mol. The van der Waals surface area contributed by atoms with Gasteiger partial charge in [-0.2, -0.15) is 0 Å². The maximum absolute atomic E-state index is 11.0. The molecule has 76 valence electrons. The number of hydrogen-bond donors (Lipinski definition) is 0. The predicted octanol–water partition coefficient (Wildman–Crippen LogP) is 2.63. The predicted molar refractivity (Wildman–Crippen MR) is 56.8 cm³/mol. The van der Waals surface area contributed by atoms with Gasteiger partial charge in [-0.15, -0.1) is 0 Å². The molecule has 0 heterocycles. The Kier molecular flexibility index (Phi) is 3.69. The third kappa shape index (κ3) is 2.87. The number of esters is 1. The lowest BCUT2D eigenvalue weighted by Crippen LogP contribution is -2.21. The first-order chi connectivity index (χ1) is 6.63. The number of hydrogen-bond acceptors (Lipinski definition) is 2. The van der Waals surface area contributed by atoms with Crippen molar-refractivity contribution in [1.29, 1.82) is 0 Å². The van der Waals surface area contributed by atoms with Crippen LogP contribution in [0.3, 0.4) is 0 Å². The fourth-order valence-corrected chi connectivity index (χ4v) is 1.54. The Morgan fingerprint density at radius 2 is 2.36 bits per heavy atom. The van der Waals surface area contributed by atoms with Crippen molar-refractivity contribution in [2.75, 3.05) is 0 Å². The van der Waals surface area contributed by atoms with Crippen molar-refractivity contribution >= 4 is 5.97 Å². The maximum atomic E-state index is 11.0. The summed E-state index contributed by atoms with van der Waals surface area (Å²) < 4.78 is 5.14. The van der Waals surface area contributed by atoms with E-state index in [1.54, 1.807) is 0 Å². The molecule has 14 heavy (non-hydrogen) atoms. The average Bonchev–Trinajstić information content (AvgIpc) is 2.18. The lowest BCUT2D eigenvalue weighted by atomic mass is 9.88. The minimum atomic E-state index is -0.359. The van der Waals surface area contributed by atoms with Gasteiger partial charge in [0.2, 0.25) is 0 Å². The molecule has 0 unspecified atom stereocenters. The van der Waals surface area contributed by atoms with Gasteiger partial charge in [-0.05, 0) is 31.8 Å². The molecule has 1 aliphatic carbocycles. The van der Waals surface area contributed by atoms with Crippen molar-refractivity contribution in [2.24, 2.45) is 5.92 Å². The Hall–Kier alpha value is -1.31. The number of ether oxygens (including phenoxy) is 1. The molecule has 1 aliphatic rings. The topological polar surface area (TPSA) is 26.3 Å². The van der Waals surface area contributed by atoms with Crippen LogP contribution in [-0.2, 0) is 9.53 Å². The standard InChI is InChI=1S/C12H16O2/c1-4-12(13)14-11-7-5-6-10(8-11)9(2)3/h4-5,7,10-11H,1-2,6,8H2,3H3/t10-,11+/m1/s1. The van der Waals surface area contributed by atoms with E-state index in [4.69, 9.17) is 4.74 Å². The molecule has 0 fully saturated rings. The summed E-state index contributed by atoms with van der Waals surface area (Å²) in [6.45, 7) is 9.29. The first-order valence-electron chi connectivity index (χ1n) is 4.78. The third-order valence-corrected chi connectivity index (χ3v) is 2.42. The van der Waals surface area contributed by atoms with E-state index >= 15 is 0 Å². The molecule has 0 aromatic rings. The molecule has 2 heteroatoms. The van der Waals surface area contributed by atoms with Gasteiger partial charge in [-0.1, -0.05) is 24.8 Å². The summed E-state index contributed by atoms with van der Waals surface area (Å²) in [7, 11) is 0. The minimum Gasteiger partial charge on any atom is -0.455 e. The van der Waals surface area contributed by atoms with Gasteiger partial charge < -0.3 is 4.74 Å². The van der Waals surface area contributed by atoms with E-state index in [0.717, 1.165) is 18.4 Å². The Bertz CT molecular complexity index is 276. The van der Waals surface area contributed by atoms with Crippen LogP contribution >= 0.6 is 0 Å². The molecule has 2 atom stereocenters. The molecular formula is C12H16O2. The number of rotatable bonds is 3. The Morgan fingerprint density at radius 3 is 2.93 bits per heavy atom. The highest BCUT2D eigenvalue weighted by atomic mass is 16.5. The van der Waals surface area contributed by atoms with Gasteiger partial charge >= 0.3 is 5.97 Å². The van der Waals surface area contributed by atoms with Crippen LogP contribution in [0.25, 0.3) is 0 Å². The van der Waals surface area contributed by atoms with Gasteiger partial charge in [0.25, 0.3) is 0 Å². The summed E-state index contributed by atoms with van der Waals surface area (Å²) >= 11 is 0. The molecule has 0 saturated carbocycles. The summed E-state index contributed by atoms with van der Waals surface area (Å²) in [4.78, 5) is 11.0. The molecule has 0 aliphatic heterocycles. The molecule has 0 saturated heterocycles. The second kappa shape index (κ2) is 4.80. The highest BCUT2D eigenvalue weighted by Gasteiger charge is 2.20. The van der Waals surface area contributed by atoms with Crippen molar-refractivity contribution < 1.29 is 9.53 Å². The van der Waals surface area contributed by atoms with E-state index < -0.39 is 0 Å². The van der Waals surface area contributed by atoms with Gasteiger partial charge in [0.15, 0.2) is 0 Å². The molecule has 2 nitrogen and oxygen atoms in total. The van der Waals surface area contributed by atoms with Crippen LogP contribution in [0.2, 0.25) is 0 Å². The lowest BCUT2D eigenvalue weighted by molar-refractivity contribution is -0.141. The third-order valence-electron chi connectivity index (χ3n) is 2.42. The van der Waals surface area contributed by atoms with Gasteiger partial charge in [0.05, 0.1) is 0 Å². The second-order valence-electron chi connectivity index (χ2n) is 3.62. The van der Waals surface area contributed by atoms with E-state index in [9.17, 15) is 4.79 Å². The molecule has 0 aromatic heterocycles. The fraction of sp³-hybridized carbons (Fsp3) is 0.417. The van der Waals surface area contributed by atoms with E-state index in [0.29, 0.717) is 5.92 Å². The lowest BCUT2D eigenvalue weighted by Gasteiger charge is -2.24. The van der Waals surface area contributed by atoms with Crippen LogP contribution in [0.15, 0.2) is 37.0 Å². The van der Waals surface area contributed by atoms with Gasteiger partial charge in [-0.3, -0.25) is 0 Å². The first-order valence-corrected chi connectivity index (χ1v) is 4.78. The Labute approximate surface area is 85.0 Å². The van der Waals surface area contributed by atoms with Crippen molar-refractivity contribution in [3.05, 3.63) is 37.0 Å². The van der Waals surface area contributed by atoms with Crippen LogP contribution in [0.5, 0.6) is 0 Å². The SMILES string of the molecule is C=CC(=O)O[C@H]1C=CC[C@@H](C(=C)C)C1. The molecule has 0 radical (unpaired) electrons. The molecular weight excluding hydrogens is 176 g/mol. The van der Waals surface area contributed by atoms with E-state index in [2.05, 4.69) is 13.2 Å². The zero-order valence-corrected chi connectivity index (χ0v) is 8.53. The monoisotopic (exact) mass is 192 g/mol. The van der Waals surface area contributed by atoms with Gasteiger partial charge in [-0.25, -0.2) is 4.79 Å². The van der Waals surface area contributed by atoms with Crippen molar-refractivity contribution in [2.45, 2.75) is 25.9 Å². The van der Waals surface area contributed by atoms with Crippen LogP contribution in [0, 0.1) is 5.92 Å². The smallest absolute Gasteiger partial charge is 0.330 e. The fourth-order valence-electron chi connectivity index (χ4n) is 1.54. The molecule has 0 aromatic carbocycles. The zero-order chi connectivity index (χ0) is 10.6. The zero-order valence-electron chi connectivity index (χ0n) is 8.53. The van der Waals surface area contributed by atoms with Gasteiger partial charge in [0, 0.05) is 6.08 Å². The number of carbonyl (C=O) groups is 1. The molecule has 1 rings (SSSR count). The van der Waals surface area contributed by atoms with Crippen molar-refractivity contribution in [3.8, 4) is 0 Å². The number of carbonyl (C=O) groups excluding carboxylic acids is 1. The quantitative estimate of drug-likeness (QED) is 0.390. The van der Waals surface area contributed by atoms with E-state index in [1.807, 2.05) is 19.1 Å². The summed E-state index contributed by atoms with van der Waals surface area (Å²) in [5.41, 5.74) is 1.15. The van der Waals surface area contributed by atoms with Crippen molar-refractivity contribution in [1.82, 2.24) is 0 Å². The molecule has 0 bridgehead atoms. The first kappa shape index (κ1) is 10.8. The molecule has 0 N–H and O–H groups in total. The van der Waals surface area contributed by atoms with Crippen LogP contribution in [-0.4, -0.2) is 12.1 Å². The van der Waals surface area contributed by atoms with E-state index in [1.165, 1.54) is 6.08 Å². The maximum Gasteiger partial charge on any atom is 0.330 e. The summed E-state index contributed by atoms with van der Waals surface area (Å²) in [6, 6.07) is 0.